The molecule has 0 radical (unpaired) electrons. The van der Waals surface area contributed by atoms with Gasteiger partial charge in [0, 0.05) is 18.9 Å². The van der Waals surface area contributed by atoms with E-state index in [2.05, 4.69) is 26.4 Å². The number of hydrogen-bond donors (Lipinski definition) is 0. The van der Waals surface area contributed by atoms with Gasteiger partial charge in [0.15, 0.2) is 5.82 Å². The van der Waals surface area contributed by atoms with Gasteiger partial charge in [0.25, 0.3) is 0 Å². The Morgan fingerprint density at radius 2 is 2.12 bits per heavy atom. The van der Waals surface area contributed by atoms with Crippen molar-refractivity contribution in [1.29, 1.82) is 0 Å². The first-order valence-electron chi connectivity index (χ1n) is 5.62. The van der Waals surface area contributed by atoms with Crippen LogP contribution in [0.5, 0.6) is 0 Å². The zero-order valence-corrected chi connectivity index (χ0v) is 9.54. The summed E-state index contributed by atoms with van der Waals surface area (Å²) in [6.07, 6.45) is 5.36. The molecule has 4 heteroatoms. The Kier molecular flexibility index (Phi) is 2.33. The van der Waals surface area contributed by atoms with E-state index in [1.165, 1.54) is 0 Å². The van der Waals surface area contributed by atoms with E-state index in [0.717, 1.165) is 29.1 Å². The quantitative estimate of drug-likeness (QED) is 0.671. The molecule has 84 valence electrons. The van der Waals surface area contributed by atoms with Crippen LogP contribution in [0.25, 0.3) is 22.6 Å². The van der Waals surface area contributed by atoms with Crippen LogP contribution in [0.3, 0.4) is 0 Å². The van der Waals surface area contributed by atoms with Gasteiger partial charge >= 0.3 is 0 Å². The fourth-order valence-electron chi connectivity index (χ4n) is 1.99. The van der Waals surface area contributed by atoms with Gasteiger partial charge in [-0.3, -0.25) is 9.97 Å². The molecule has 3 aromatic rings. The zero-order valence-electron chi connectivity index (χ0n) is 9.54. The van der Waals surface area contributed by atoms with Crippen molar-refractivity contribution in [3.63, 3.8) is 0 Å². The Bertz CT molecular complexity index is 643. The zero-order chi connectivity index (χ0) is 11.7. The minimum absolute atomic E-state index is 0.867. The van der Waals surface area contributed by atoms with Crippen molar-refractivity contribution in [1.82, 2.24) is 19.5 Å². The van der Waals surface area contributed by atoms with Gasteiger partial charge in [0.05, 0.1) is 11.7 Å². The van der Waals surface area contributed by atoms with Crippen LogP contribution in [0.15, 0.2) is 42.9 Å². The normalized spacial score (nSPS) is 10.9. The van der Waals surface area contributed by atoms with Crippen molar-refractivity contribution >= 4 is 11.0 Å². The molecule has 0 aliphatic carbocycles. The molecular formula is C13H12N4. The lowest BCUT2D eigenvalue weighted by Gasteiger charge is -2.04. The Morgan fingerprint density at radius 1 is 1.18 bits per heavy atom. The number of rotatable bonds is 2. The molecule has 4 nitrogen and oxygen atoms in total. The van der Waals surface area contributed by atoms with E-state index >= 15 is 0 Å². The van der Waals surface area contributed by atoms with Crippen LogP contribution in [-0.4, -0.2) is 19.5 Å². The molecule has 0 spiro atoms. The van der Waals surface area contributed by atoms with Crippen LogP contribution in [0, 0.1) is 0 Å². The molecule has 3 aromatic heterocycles. The van der Waals surface area contributed by atoms with Gasteiger partial charge in [-0.2, -0.15) is 0 Å². The second-order valence-corrected chi connectivity index (χ2v) is 3.76. The molecule has 0 saturated heterocycles. The SMILES string of the molecule is CCn1c(-c2ccccn2)nc2cnccc21. The maximum Gasteiger partial charge on any atom is 0.159 e. The molecule has 3 heterocycles. The highest BCUT2D eigenvalue weighted by Crippen LogP contribution is 2.22. The molecule has 0 aliphatic heterocycles. The van der Waals surface area contributed by atoms with Gasteiger partial charge in [0.2, 0.25) is 0 Å². The van der Waals surface area contributed by atoms with Crippen molar-refractivity contribution in [2.45, 2.75) is 13.5 Å². The summed E-state index contributed by atoms with van der Waals surface area (Å²) in [6.45, 7) is 2.97. The molecule has 0 atom stereocenters. The smallest absolute Gasteiger partial charge is 0.159 e. The van der Waals surface area contributed by atoms with Gasteiger partial charge in [-0.15, -0.1) is 0 Å². The molecule has 0 aliphatic rings. The van der Waals surface area contributed by atoms with Crippen molar-refractivity contribution < 1.29 is 0 Å². The second-order valence-electron chi connectivity index (χ2n) is 3.76. The molecule has 0 fully saturated rings. The summed E-state index contributed by atoms with van der Waals surface area (Å²) in [5.74, 6) is 0.899. The summed E-state index contributed by atoms with van der Waals surface area (Å²) in [7, 11) is 0. The van der Waals surface area contributed by atoms with Gasteiger partial charge < -0.3 is 4.57 Å². The van der Waals surface area contributed by atoms with Crippen molar-refractivity contribution in [3.05, 3.63) is 42.9 Å². The third-order valence-corrected chi connectivity index (χ3v) is 2.76. The molecule has 17 heavy (non-hydrogen) atoms. The first kappa shape index (κ1) is 9.96. The van der Waals surface area contributed by atoms with E-state index in [-0.39, 0.29) is 0 Å². The Balaban J connectivity index is 2.30. The highest BCUT2D eigenvalue weighted by molar-refractivity contribution is 5.78. The standard InChI is InChI=1S/C13H12N4/c1-2-17-12-6-8-14-9-11(12)16-13(17)10-5-3-4-7-15-10/h3-9H,2H2,1H3. The largest absolute Gasteiger partial charge is 0.323 e. The average Bonchev–Trinajstić information content (AvgIpc) is 2.78. The van der Waals surface area contributed by atoms with E-state index in [9.17, 15) is 0 Å². The Labute approximate surface area is 99.0 Å². The van der Waals surface area contributed by atoms with Crippen molar-refractivity contribution in [2.75, 3.05) is 0 Å². The van der Waals surface area contributed by atoms with Crippen molar-refractivity contribution in [2.24, 2.45) is 0 Å². The predicted octanol–water partition coefficient (Wildman–Crippen LogP) is 2.51. The third-order valence-electron chi connectivity index (χ3n) is 2.76. The third kappa shape index (κ3) is 1.58. The highest BCUT2D eigenvalue weighted by atomic mass is 15.1. The summed E-state index contributed by atoms with van der Waals surface area (Å²) in [4.78, 5) is 13.0. The number of fused-ring (bicyclic) bond motifs is 1. The van der Waals surface area contributed by atoms with Gasteiger partial charge in [-0.05, 0) is 25.1 Å². The number of aromatic nitrogens is 4. The monoisotopic (exact) mass is 224 g/mol. The van der Waals surface area contributed by atoms with Gasteiger partial charge in [-0.25, -0.2) is 4.98 Å². The average molecular weight is 224 g/mol. The Morgan fingerprint density at radius 3 is 2.88 bits per heavy atom. The fourth-order valence-corrected chi connectivity index (χ4v) is 1.99. The number of hydrogen-bond acceptors (Lipinski definition) is 3. The Hall–Kier alpha value is -2.23. The molecule has 0 N–H and O–H groups in total. The summed E-state index contributed by atoms with van der Waals surface area (Å²) in [5, 5.41) is 0. The highest BCUT2D eigenvalue weighted by Gasteiger charge is 2.11. The van der Waals surface area contributed by atoms with E-state index in [0.29, 0.717) is 0 Å². The number of pyridine rings is 2. The molecular weight excluding hydrogens is 212 g/mol. The van der Waals surface area contributed by atoms with Crippen LogP contribution in [0.4, 0.5) is 0 Å². The molecule has 0 bridgehead atoms. The van der Waals surface area contributed by atoms with Crippen LogP contribution in [0.1, 0.15) is 6.92 Å². The number of imidazole rings is 1. The topological polar surface area (TPSA) is 43.6 Å². The molecule has 0 amide bonds. The van der Waals surface area contributed by atoms with E-state index in [1.54, 1.807) is 18.6 Å². The van der Waals surface area contributed by atoms with Crippen molar-refractivity contribution in [3.8, 4) is 11.5 Å². The molecule has 0 aromatic carbocycles. The summed E-state index contributed by atoms with van der Waals surface area (Å²) in [5.41, 5.74) is 2.91. The predicted molar refractivity (Wildman–Crippen MR) is 66.4 cm³/mol. The maximum absolute atomic E-state index is 4.59. The molecule has 0 saturated carbocycles. The van der Waals surface area contributed by atoms with Crippen LogP contribution in [0.2, 0.25) is 0 Å². The van der Waals surface area contributed by atoms with E-state index < -0.39 is 0 Å². The number of aryl methyl sites for hydroxylation is 1. The first-order valence-corrected chi connectivity index (χ1v) is 5.62. The fraction of sp³-hybridized carbons (Fsp3) is 0.154. The first-order chi connectivity index (χ1) is 8.40. The summed E-state index contributed by atoms with van der Waals surface area (Å²) >= 11 is 0. The lowest BCUT2D eigenvalue weighted by molar-refractivity contribution is 0.793. The number of nitrogens with zero attached hydrogens (tertiary/aromatic N) is 4. The minimum atomic E-state index is 0.867. The van der Waals surface area contributed by atoms with Crippen LogP contribution in [-0.2, 0) is 6.54 Å². The van der Waals surface area contributed by atoms with E-state index in [1.807, 2.05) is 24.3 Å². The van der Waals surface area contributed by atoms with E-state index in [4.69, 9.17) is 0 Å². The summed E-state index contributed by atoms with van der Waals surface area (Å²) in [6, 6.07) is 7.84. The van der Waals surface area contributed by atoms with Gasteiger partial charge in [0.1, 0.15) is 11.2 Å². The second kappa shape index (κ2) is 3.97. The lowest BCUT2D eigenvalue weighted by atomic mass is 10.3. The summed E-state index contributed by atoms with van der Waals surface area (Å²) < 4.78 is 2.15. The van der Waals surface area contributed by atoms with Crippen LogP contribution >= 0.6 is 0 Å². The maximum atomic E-state index is 4.59. The van der Waals surface area contributed by atoms with Gasteiger partial charge in [-0.1, -0.05) is 6.07 Å². The lowest BCUT2D eigenvalue weighted by Crippen LogP contribution is -1.98. The molecule has 3 rings (SSSR count). The molecule has 0 unspecified atom stereocenters. The minimum Gasteiger partial charge on any atom is -0.323 e. The van der Waals surface area contributed by atoms with Crippen LogP contribution < -0.4 is 0 Å².